The number of amides is 1. The van der Waals surface area contributed by atoms with Gasteiger partial charge in [0.2, 0.25) is 5.88 Å². The van der Waals surface area contributed by atoms with Crippen LogP contribution in [0.1, 0.15) is 37.0 Å². The summed E-state index contributed by atoms with van der Waals surface area (Å²) < 4.78 is 46.0. The van der Waals surface area contributed by atoms with Crippen LogP contribution in [0.25, 0.3) is 10.9 Å². The molecule has 1 amide bonds. The standard InChI is InChI=1S/C21H24F3N7O2/c1-4-5-15(10(2)25)28-19-14(22)9-13(17(26)32)18(29-19)27-11-6-7-16-12(8-11)20(30-31(16)3)33-21(23)24/h6-9,15,21,25H,4-5H2,1-3H3,(H2,26,32)(H2,27,28,29)/t15-/m1/s1. The van der Waals surface area contributed by atoms with E-state index in [1.165, 1.54) is 10.7 Å². The van der Waals surface area contributed by atoms with Gasteiger partial charge in [-0.3, -0.25) is 9.48 Å². The van der Waals surface area contributed by atoms with Crippen molar-refractivity contribution in [2.24, 2.45) is 12.8 Å². The number of nitrogens with two attached hydrogens (primary N) is 1. The number of hydrogen-bond acceptors (Lipinski definition) is 7. The van der Waals surface area contributed by atoms with E-state index in [2.05, 4.69) is 25.5 Å². The number of aryl methyl sites for hydroxylation is 1. The zero-order chi connectivity index (χ0) is 24.3. The maximum Gasteiger partial charge on any atom is 0.388 e. The lowest BCUT2D eigenvalue weighted by Crippen LogP contribution is -2.28. The van der Waals surface area contributed by atoms with Crippen LogP contribution in [0.2, 0.25) is 0 Å². The number of primary amides is 1. The highest BCUT2D eigenvalue weighted by atomic mass is 19.3. The first-order chi connectivity index (χ1) is 15.6. The van der Waals surface area contributed by atoms with Crippen molar-refractivity contribution in [3.05, 3.63) is 35.6 Å². The molecule has 9 nitrogen and oxygen atoms in total. The minimum absolute atomic E-state index is 0.0381. The fourth-order valence-electron chi connectivity index (χ4n) is 3.34. The van der Waals surface area contributed by atoms with E-state index < -0.39 is 24.4 Å². The average Bonchev–Trinajstić information content (AvgIpc) is 3.03. The molecule has 3 rings (SSSR count). The molecule has 2 aromatic heterocycles. The monoisotopic (exact) mass is 463 g/mol. The van der Waals surface area contributed by atoms with E-state index in [4.69, 9.17) is 11.1 Å². The van der Waals surface area contributed by atoms with Crippen LogP contribution in [0, 0.1) is 11.2 Å². The van der Waals surface area contributed by atoms with Crippen LogP contribution >= 0.6 is 0 Å². The van der Waals surface area contributed by atoms with Crippen molar-refractivity contribution in [1.82, 2.24) is 14.8 Å². The molecule has 3 aromatic rings. The largest absolute Gasteiger partial charge is 0.415 e. The van der Waals surface area contributed by atoms with E-state index in [0.717, 1.165) is 12.5 Å². The number of nitrogens with zero attached hydrogens (tertiary/aromatic N) is 3. The van der Waals surface area contributed by atoms with Gasteiger partial charge in [0.1, 0.15) is 5.82 Å². The molecule has 1 aromatic carbocycles. The van der Waals surface area contributed by atoms with Crippen LogP contribution in [0.4, 0.5) is 30.5 Å². The highest BCUT2D eigenvalue weighted by Gasteiger charge is 2.20. The third kappa shape index (κ3) is 5.33. The summed E-state index contributed by atoms with van der Waals surface area (Å²) in [5.41, 5.74) is 6.39. The number of carbonyl (C=O) groups is 1. The number of fused-ring (bicyclic) bond motifs is 1. The summed E-state index contributed by atoms with van der Waals surface area (Å²) in [6.45, 7) is 0.483. The zero-order valence-electron chi connectivity index (χ0n) is 18.2. The lowest BCUT2D eigenvalue weighted by molar-refractivity contribution is -0.0521. The summed E-state index contributed by atoms with van der Waals surface area (Å²) in [7, 11) is 1.58. The number of pyridine rings is 1. The molecular formula is C21H24F3N7O2. The number of halogens is 3. The Labute approximate surface area is 187 Å². The molecule has 0 saturated carbocycles. The number of alkyl halides is 2. The number of ether oxygens (including phenoxy) is 1. The lowest BCUT2D eigenvalue weighted by Gasteiger charge is -2.19. The highest BCUT2D eigenvalue weighted by Crippen LogP contribution is 2.31. The Bertz CT molecular complexity index is 1200. The SMILES string of the molecule is CCC[C@@H](Nc1nc(Nc2ccc3c(c2)c(OC(F)F)nn3C)c(C(N)=O)cc1F)C(C)=N. The van der Waals surface area contributed by atoms with Gasteiger partial charge in [0, 0.05) is 18.4 Å². The average molecular weight is 463 g/mol. The Hall–Kier alpha value is -3.83. The lowest BCUT2D eigenvalue weighted by atomic mass is 10.1. The van der Waals surface area contributed by atoms with Crippen molar-refractivity contribution in [3.63, 3.8) is 0 Å². The first-order valence-electron chi connectivity index (χ1n) is 10.1. The quantitative estimate of drug-likeness (QED) is 0.334. The van der Waals surface area contributed by atoms with Crippen LogP contribution < -0.4 is 21.1 Å². The Balaban J connectivity index is 2.01. The summed E-state index contributed by atoms with van der Waals surface area (Å²) in [6.07, 6.45) is 1.34. The number of anilines is 3. The molecule has 0 spiro atoms. The van der Waals surface area contributed by atoms with Gasteiger partial charge in [0.15, 0.2) is 11.6 Å². The Morgan fingerprint density at radius 1 is 1.30 bits per heavy atom. The van der Waals surface area contributed by atoms with E-state index in [9.17, 15) is 18.0 Å². The maximum absolute atomic E-state index is 14.6. The van der Waals surface area contributed by atoms with Gasteiger partial charge in [-0.05, 0) is 37.6 Å². The van der Waals surface area contributed by atoms with Crippen LogP contribution in [0.3, 0.4) is 0 Å². The van der Waals surface area contributed by atoms with E-state index in [1.807, 2.05) is 6.92 Å². The molecule has 0 radical (unpaired) electrons. The van der Waals surface area contributed by atoms with Crippen molar-refractivity contribution >= 4 is 39.8 Å². The normalized spacial score (nSPS) is 12.1. The summed E-state index contributed by atoms with van der Waals surface area (Å²) >= 11 is 0. The van der Waals surface area contributed by atoms with Crippen molar-refractivity contribution < 1.29 is 22.7 Å². The molecule has 176 valence electrons. The molecule has 0 fully saturated rings. The molecule has 1 atom stereocenters. The van der Waals surface area contributed by atoms with E-state index in [0.29, 0.717) is 28.7 Å². The van der Waals surface area contributed by atoms with Crippen molar-refractivity contribution in [3.8, 4) is 5.88 Å². The number of hydrogen-bond donors (Lipinski definition) is 4. The summed E-state index contributed by atoms with van der Waals surface area (Å²) in [6, 6.07) is 5.23. The Morgan fingerprint density at radius 3 is 2.64 bits per heavy atom. The fraction of sp³-hybridized carbons (Fsp3) is 0.333. The molecule has 0 aliphatic heterocycles. The topological polar surface area (TPSA) is 131 Å². The second kappa shape index (κ2) is 9.76. The third-order valence-electron chi connectivity index (χ3n) is 4.93. The third-order valence-corrected chi connectivity index (χ3v) is 4.93. The molecule has 0 aliphatic rings. The van der Waals surface area contributed by atoms with Gasteiger partial charge >= 0.3 is 6.61 Å². The van der Waals surface area contributed by atoms with Gasteiger partial charge in [0.25, 0.3) is 5.91 Å². The van der Waals surface area contributed by atoms with Crippen molar-refractivity contribution in [2.75, 3.05) is 10.6 Å². The predicted octanol–water partition coefficient (Wildman–Crippen LogP) is 4.17. The van der Waals surface area contributed by atoms with E-state index in [1.54, 1.807) is 26.1 Å². The van der Waals surface area contributed by atoms with E-state index in [-0.39, 0.29) is 23.1 Å². The van der Waals surface area contributed by atoms with Gasteiger partial charge in [-0.15, -0.1) is 5.10 Å². The number of carbonyl (C=O) groups excluding carboxylic acids is 1. The van der Waals surface area contributed by atoms with Gasteiger partial charge in [-0.2, -0.15) is 8.78 Å². The van der Waals surface area contributed by atoms with Crippen LogP contribution in [0.15, 0.2) is 24.3 Å². The fourth-order valence-corrected chi connectivity index (χ4v) is 3.34. The zero-order valence-corrected chi connectivity index (χ0v) is 18.2. The highest BCUT2D eigenvalue weighted by molar-refractivity contribution is 5.99. The predicted molar refractivity (Wildman–Crippen MR) is 119 cm³/mol. The Kier molecular flexibility index (Phi) is 7.04. The molecule has 5 N–H and O–H groups in total. The molecule has 33 heavy (non-hydrogen) atoms. The summed E-state index contributed by atoms with van der Waals surface area (Å²) in [5, 5.41) is 17.9. The molecule has 0 unspecified atom stereocenters. The van der Waals surface area contributed by atoms with Gasteiger partial charge < -0.3 is 26.5 Å². The first kappa shape index (κ1) is 23.8. The van der Waals surface area contributed by atoms with Crippen molar-refractivity contribution in [2.45, 2.75) is 39.3 Å². The molecular weight excluding hydrogens is 439 g/mol. The Morgan fingerprint density at radius 2 is 2.03 bits per heavy atom. The van der Waals surface area contributed by atoms with Gasteiger partial charge in [0.05, 0.1) is 22.5 Å². The first-order valence-corrected chi connectivity index (χ1v) is 10.1. The van der Waals surface area contributed by atoms with Crippen LogP contribution in [-0.2, 0) is 7.05 Å². The smallest absolute Gasteiger partial charge is 0.388 e. The number of rotatable bonds is 10. The second-order valence-corrected chi connectivity index (χ2v) is 7.41. The molecule has 12 heteroatoms. The molecule has 2 heterocycles. The minimum Gasteiger partial charge on any atom is -0.415 e. The molecule has 0 saturated heterocycles. The summed E-state index contributed by atoms with van der Waals surface area (Å²) in [5.74, 6) is -2.17. The van der Waals surface area contributed by atoms with E-state index >= 15 is 0 Å². The summed E-state index contributed by atoms with van der Waals surface area (Å²) in [4.78, 5) is 16.1. The molecule has 0 bridgehead atoms. The van der Waals surface area contributed by atoms with Gasteiger partial charge in [-0.25, -0.2) is 9.37 Å². The number of aromatic nitrogens is 3. The minimum atomic E-state index is -3.05. The number of nitrogens with one attached hydrogen (secondary N) is 3. The number of benzene rings is 1. The van der Waals surface area contributed by atoms with Crippen LogP contribution in [-0.4, -0.2) is 39.0 Å². The second-order valence-electron chi connectivity index (χ2n) is 7.41. The molecule has 0 aliphatic carbocycles. The van der Waals surface area contributed by atoms with Crippen molar-refractivity contribution in [1.29, 1.82) is 5.41 Å². The van der Waals surface area contributed by atoms with Gasteiger partial charge in [-0.1, -0.05) is 13.3 Å². The van der Waals surface area contributed by atoms with Crippen LogP contribution in [0.5, 0.6) is 5.88 Å². The maximum atomic E-state index is 14.6.